The molecule has 64 heavy (non-hydrogen) atoms. The van der Waals surface area contributed by atoms with E-state index in [2.05, 4.69) is 38.2 Å². The minimum absolute atomic E-state index is 0.0818. The van der Waals surface area contributed by atoms with E-state index >= 15 is 0 Å². The van der Waals surface area contributed by atoms with Crippen LogP contribution in [0.3, 0.4) is 0 Å². The molecule has 0 saturated heterocycles. The van der Waals surface area contributed by atoms with Crippen LogP contribution in [0.15, 0.2) is 12.2 Å². The second-order valence-electron chi connectivity index (χ2n) is 20.1. The van der Waals surface area contributed by atoms with Crippen molar-refractivity contribution in [1.82, 2.24) is 5.32 Å². The molecule has 0 rings (SSSR count). The Kier molecular flexibility index (Phi) is 51.4. The van der Waals surface area contributed by atoms with Crippen LogP contribution in [-0.2, 0) is 14.3 Å². The van der Waals surface area contributed by atoms with Gasteiger partial charge < -0.3 is 20.3 Å². The van der Waals surface area contributed by atoms with Crippen LogP contribution in [0.2, 0.25) is 0 Å². The summed E-state index contributed by atoms with van der Waals surface area (Å²) >= 11 is 0. The van der Waals surface area contributed by atoms with Gasteiger partial charge in [0.2, 0.25) is 5.91 Å². The molecule has 0 bridgehead atoms. The Hall–Kier alpha value is -1.40. The van der Waals surface area contributed by atoms with Crippen molar-refractivity contribution < 1.29 is 24.5 Å². The maximum Gasteiger partial charge on any atom is 0.306 e. The molecule has 0 aromatic rings. The highest BCUT2D eigenvalue weighted by Crippen LogP contribution is 2.19. The third-order valence-electron chi connectivity index (χ3n) is 13.6. The lowest BCUT2D eigenvalue weighted by Gasteiger charge is -2.24. The molecule has 0 aromatic carbocycles. The molecule has 0 aliphatic heterocycles. The van der Waals surface area contributed by atoms with Crippen LogP contribution in [0.4, 0.5) is 0 Å². The second kappa shape index (κ2) is 52.6. The molecule has 3 atom stereocenters. The first-order valence-corrected chi connectivity index (χ1v) is 28.9. The lowest BCUT2D eigenvalue weighted by molar-refractivity contribution is -0.151. The quantitative estimate of drug-likeness (QED) is 0.0321. The van der Waals surface area contributed by atoms with Gasteiger partial charge in [0.25, 0.3) is 0 Å². The Bertz CT molecular complexity index is 970. The summed E-state index contributed by atoms with van der Waals surface area (Å²) in [6.07, 6.45) is 59.9. The highest BCUT2D eigenvalue weighted by Gasteiger charge is 2.24. The molecule has 0 saturated carbocycles. The number of esters is 1. The molecular formula is C58H113NO5. The molecule has 6 nitrogen and oxygen atoms in total. The van der Waals surface area contributed by atoms with Crippen molar-refractivity contribution in [2.75, 3.05) is 6.61 Å². The van der Waals surface area contributed by atoms with Gasteiger partial charge in [-0.3, -0.25) is 9.59 Å². The zero-order valence-corrected chi connectivity index (χ0v) is 43.4. The second-order valence-corrected chi connectivity index (χ2v) is 20.1. The predicted octanol–water partition coefficient (Wildman–Crippen LogP) is 17.7. The molecule has 0 aromatic heterocycles. The number of amides is 1. The summed E-state index contributed by atoms with van der Waals surface area (Å²) in [5.41, 5.74) is 0. The van der Waals surface area contributed by atoms with Crippen molar-refractivity contribution in [1.29, 1.82) is 0 Å². The molecule has 6 heteroatoms. The lowest BCUT2D eigenvalue weighted by atomic mass is 10.0. The van der Waals surface area contributed by atoms with E-state index in [0.717, 1.165) is 51.4 Å². The minimum atomic E-state index is -0.784. The molecule has 0 heterocycles. The van der Waals surface area contributed by atoms with Crippen LogP contribution in [0.5, 0.6) is 0 Å². The molecular weight excluding hydrogens is 791 g/mol. The molecule has 3 N–H and O–H groups in total. The topological polar surface area (TPSA) is 95.9 Å². The smallest absolute Gasteiger partial charge is 0.306 e. The molecule has 0 aliphatic rings. The monoisotopic (exact) mass is 904 g/mol. The van der Waals surface area contributed by atoms with Gasteiger partial charge in [-0.2, -0.15) is 0 Å². The maximum absolute atomic E-state index is 13.2. The van der Waals surface area contributed by atoms with Crippen LogP contribution in [0.1, 0.15) is 323 Å². The number of nitrogens with one attached hydrogen (secondary N) is 1. The van der Waals surface area contributed by atoms with E-state index in [-0.39, 0.29) is 24.9 Å². The zero-order chi connectivity index (χ0) is 46.7. The third kappa shape index (κ3) is 47.1. The van der Waals surface area contributed by atoms with Crippen LogP contribution >= 0.6 is 0 Å². The number of carbonyl (C=O) groups excluding carboxylic acids is 2. The molecule has 0 radical (unpaired) electrons. The first-order chi connectivity index (χ1) is 31.5. The number of allylic oxidation sites excluding steroid dienone is 2. The molecule has 380 valence electrons. The van der Waals surface area contributed by atoms with Gasteiger partial charge in [-0.05, 0) is 51.4 Å². The van der Waals surface area contributed by atoms with Crippen LogP contribution in [0, 0.1) is 0 Å². The number of hydrogen-bond donors (Lipinski definition) is 3. The number of aliphatic hydroxyl groups excluding tert-OH is 2. The summed E-state index contributed by atoms with van der Waals surface area (Å²) in [5, 5.41) is 23.9. The standard InChI is InChI=1S/C58H113NO5/c1-4-7-10-13-16-19-22-24-26-28-29-31-33-36-39-42-45-48-51-58(63)64-54(49-46-43-40-37-34-21-18-15-12-9-6-3)52-57(62)59-55(53-60)56(61)50-47-44-41-38-35-32-30-27-25-23-20-17-14-11-8-5-2/h29,31,54-56,60-61H,4-28,30,32-53H2,1-3H3,(H,59,62)/b31-29+. The Morgan fingerprint density at radius 3 is 1.11 bits per heavy atom. The lowest BCUT2D eigenvalue weighted by Crippen LogP contribution is -2.46. The normalized spacial score (nSPS) is 13.1. The number of carbonyl (C=O) groups is 2. The Labute approximate surface area is 399 Å². The number of ether oxygens (including phenoxy) is 1. The molecule has 0 fully saturated rings. The van der Waals surface area contributed by atoms with Gasteiger partial charge in [0.1, 0.15) is 6.10 Å². The van der Waals surface area contributed by atoms with E-state index in [1.807, 2.05) is 0 Å². The highest BCUT2D eigenvalue weighted by atomic mass is 16.5. The Morgan fingerprint density at radius 2 is 0.750 bits per heavy atom. The predicted molar refractivity (Wildman–Crippen MR) is 278 cm³/mol. The van der Waals surface area contributed by atoms with Crippen LogP contribution in [-0.4, -0.2) is 46.9 Å². The van der Waals surface area contributed by atoms with E-state index < -0.39 is 18.2 Å². The summed E-state index contributed by atoms with van der Waals surface area (Å²) in [6.45, 7) is 6.52. The van der Waals surface area contributed by atoms with Gasteiger partial charge in [0.15, 0.2) is 0 Å². The summed E-state index contributed by atoms with van der Waals surface area (Å²) in [5.74, 6) is -0.462. The van der Waals surface area contributed by atoms with Crippen molar-refractivity contribution in [3.8, 4) is 0 Å². The Balaban J connectivity index is 4.43. The molecule has 1 amide bonds. The average molecular weight is 905 g/mol. The number of unbranched alkanes of at least 4 members (excludes halogenated alkanes) is 39. The molecule has 0 aliphatic carbocycles. The SMILES string of the molecule is CCCCCCCCCCC/C=C/CCCCCCCC(=O)OC(CCCCCCCCCCCCC)CC(=O)NC(CO)C(O)CCCCCCCCCCCCCCCCCC. The first kappa shape index (κ1) is 62.6. The summed E-state index contributed by atoms with van der Waals surface area (Å²) in [4.78, 5) is 26.2. The van der Waals surface area contributed by atoms with Crippen molar-refractivity contribution in [3.63, 3.8) is 0 Å². The van der Waals surface area contributed by atoms with E-state index in [0.29, 0.717) is 19.3 Å². The van der Waals surface area contributed by atoms with Gasteiger partial charge in [-0.15, -0.1) is 0 Å². The van der Waals surface area contributed by atoms with E-state index in [4.69, 9.17) is 4.74 Å². The summed E-state index contributed by atoms with van der Waals surface area (Å²) < 4.78 is 5.95. The van der Waals surface area contributed by atoms with Gasteiger partial charge >= 0.3 is 5.97 Å². The van der Waals surface area contributed by atoms with Crippen molar-refractivity contribution >= 4 is 11.9 Å². The number of aliphatic hydroxyl groups is 2. The summed E-state index contributed by atoms with van der Waals surface area (Å²) in [7, 11) is 0. The molecule has 0 spiro atoms. The molecule has 3 unspecified atom stereocenters. The highest BCUT2D eigenvalue weighted by molar-refractivity contribution is 5.77. The van der Waals surface area contributed by atoms with Crippen LogP contribution < -0.4 is 5.32 Å². The van der Waals surface area contributed by atoms with Crippen molar-refractivity contribution in [2.24, 2.45) is 0 Å². The maximum atomic E-state index is 13.2. The van der Waals surface area contributed by atoms with E-state index in [9.17, 15) is 19.8 Å². The van der Waals surface area contributed by atoms with Gasteiger partial charge in [0.05, 0.1) is 25.2 Å². The van der Waals surface area contributed by atoms with E-state index in [1.165, 1.54) is 225 Å². The van der Waals surface area contributed by atoms with Gasteiger partial charge in [-0.1, -0.05) is 270 Å². The fraction of sp³-hybridized carbons (Fsp3) is 0.931. The number of hydrogen-bond acceptors (Lipinski definition) is 5. The Morgan fingerprint density at radius 1 is 0.438 bits per heavy atom. The van der Waals surface area contributed by atoms with E-state index in [1.54, 1.807) is 0 Å². The fourth-order valence-electron chi connectivity index (χ4n) is 9.19. The minimum Gasteiger partial charge on any atom is -0.462 e. The average Bonchev–Trinajstić information content (AvgIpc) is 3.29. The first-order valence-electron chi connectivity index (χ1n) is 28.9. The summed E-state index contributed by atoms with van der Waals surface area (Å²) in [6, 6.07) is -0.697. The zero-order valence-electron chi connectivity index (χ0n) is 43.4. The largest absolute Gasteiger partial charge is 0.462 e. The third-order valence-corrected chi connectivity index (χ3v) is 13.6. The van der Waals surface area contributed by atoms with Crippen molar-refractivity contribution in [3.05, 3.63) is 12.2 Å². The fourth-order valence-corrected chi connectivity index (χ4v) is 9.19. The van der Waals surface area contributed by atoms with Gasteiger partial charge in [0, 0.05) is 6.42 Å². The van der Waals surface area contributed by atoms with Crippen LogP contribution in [0.25, 0.3) is 0 Å². The van der Waals surface area contributed by atoms with Crippen molar-refractivity contribution in [2.45, 2.75) is 341 Å². The van der Waals surface area contributed by atoms with Gasteiger partial charge in [-0.25, -0.2) is 0 Å². The number of rotatable bonds is 53.